The van der Waals surface area contributed by atoms with Crippen LogP contribution in [0.4, 0.5) is 0 Å². The van der Waals surface area contributed by atoms with Gasteiger partial charge in [0.15, 0.2) is 11.5 Å². The third-order valence-corrected chi connectivity index (χ3v) is 4.19. The van der Waals surface area contributed by atoms with Gasteiger partial charge >= 0.3 is 0 Å². The van der Waals surface area contributed by atoms with Crippen LogP contribution in [0.25, 0.3) is 0 Å². The first-order valence-electron chi connectivity index (χ1n) is 6.90. The summed E-state index contributed by atoms with van der Waals surface area (Å²) in [7, 11) is 0. The summed E-state index contributed by atoms with van der Waals surface area (Å²) in [5, 5.41) is 4.04. The molecule has 18 heavy (non-hydrogen) atoms. The van der Waals surface area contributed by atoms with Gasteiger partial charge in [0.05, 0.1) is 0 Å². The molecule has 4 heteroatoms. The van der Waals surface area contributed by atoms with Crippen molar-refractivity contribution in [3.8, 4) is 11.5 Å². The Morgan fingerprint density at radius 3 is 2.94 bits per heavy atom. The molecule has 0 saturated carbocycles. The van der Waals surface area contributed by atoms with E-state index in [1.165, 1.54) is 25.7 Å². The first kappa shape index (κ1) is 13.7. The fourth-order valence-corrected chi connectivity index (χ4v) is 3.18. The van der Waals surface area contributed by atoms with Gasteiger partial charge in [-0.25, -0.2) is 0 Å². The SMILES string of the molecule is CCCC(CCCCN)C1COc2cscc2O1. The fourth-order valence-electron chi connectivity index (χ4n) is 2.50. The molecule has 0 amide bonds. The highest BCUT2D eigenvalue weighted by Crippen LogP contribution is 2.37. The molecular weight excluding hydrogens is 246 g/mol. The van der Waals surface area contributed by atoms with E-state index in [1.54, 1.807) is 11.3 Å². The minimum absolute atomic E-state index is 0.213. The molecule has 2 atom stereocenters. The maximum Gasteiger partial charge on any atom is 0.172 e. The molecule has 1 aromatic rings. The molecule has 1 aliphatic rings. The average Bonchev–Trinajstić information content (AvgIpc) is 2.85. The summed E-state index contributed by atoms with van der Waals surface area (Å²) in [5.74, 6) is 2.43. The molecule has 2 unspecified atom stereocenters. The number of unbranched alkanes of at least 4 members (excludes halogenated alkanes) is 1. The quantitative estimate of drug-likeness (QED) is 0.771. The van der Waals surface area contributed by atoms with Gasteiger partial charge in [0.2, 0.25) is 0 Å². The highest BCUT2D eigenvalue weighted by Gasteiger charge is 2.28. The first-order valence-corrected chi connectivity index (χ1v) is 7.85. The van der Waals surface area contributed by atoms with Gasteiger partial charge in [0, 0.05) is 10.8 Å². The Balaban J connectivity index is 1.90. The summed E-state index contributed by atoms with van der Waals surface area (Å²) in [6.07, 6.45) is 6.11. The van der Waals surface area contributed by atoms with Crippen LogP contribution in [-0.2, 0) is 0 Å². The zero-order valence-corrected chi connectivity index (χ0v) is 11.9. The van der Waals surface area contributed by atoms with Crippen LogP contribution in [-0.4, -0.2) is 19.3 Å². The normalized spacial score (nSPS) is 19.8. The van der Waals surface area contributed by atoms with E-state index in [2.05, 4.69) is 6.92 Å². The van der Waals surface area contributed by atoms with Crippen molar-refractivity contribution in [1.29, 1.82) is 0 Å². The van der Waals surface area contributed by atoms with E-state index >= 15 is 0 Å². The average molecular weight is 269 g/mol. The van der Waals surface area contributed by atoms with Crippen molar-refractivity contribution in [2.24, 2.45) is 11.7 Å². The highest BCUT2D eigenvalue weighted by atomic mass is 32.1. The summed E-state index contributed by atoms with van der Waals surface area (Å²) in [6, 6.07) is 0. The van der Waals surface area contributed by atoms with Crippen LogP contribution in [0.3, 0.4) is 0 Å². The van der Waals surface area contributed by atoms with E-state index in [1.807, 2.05) is 10.8 Å². The summed E-state index contributed by atoms with van der Waals surface area (Å²) in [4.78, 5) is 0. The van der Waals surface area contributed by atoms with Crippen molar-refractivity contribution < 1.29 is 9.47 Å². The molecule has 2 heterocycles. The van der Waals surface area contributed by atoms with Crippen LogP contribution >= 0.6 is 11.3 Å². The summed E-state index contributed by atoms with van der Waals surface area (Å²) < 4.78 is 11.8. The van der Waals surface area contributed by atoms with Crippen LogP contribution in [0.2, 0.25) is 0 Å². The third-order valence-electron chi connectivity index (χ3n) is 3.49. The van der Waals surface area contributed by atoms with Gasteiger partial charge in [-0.05, 0) is 31.7 Å². The third kappa shape index (κ3) is 3.39. The Labute approximate surface area is 113 Å². The maximum atomic E-state index is 6.07. The van der Waals surface area contributed by atoms with Gasteiger partial charge in [-0.15, -0.1) is 11.3 Å². The lowest BCUT2D eigenvalue weighted by molar-refractivity contribution is 0.0413. The maximum absolute atomic E-state index is 6.07. The topological polar surface area (TPSA) is 44.5 Å². The Bertz CT molecular complexity index is 353. The first-order chi connectivity index (χ1) is 8.85. The molecule has 1 aromatic heterocycles. The lowest BCUT2D eigenvalue weighted by Crippen LogP contribution is -2.35. The molecule has 1 aliphatic heterocycles. The van der Waals surface area contributed by atoms with Crippen molar-refractivity contribution in [2.45, 2.75) is 45.1 Å². The Morgan fingerprint density at radius 2 is 2.17 bits per heavy atom. The van der Waals surface area contributed by atoms with Gasteiger partial charge in [0.1, 0.15) is 12.7 Å². The van der Waals surface area contributed by atoms with Gasteiger partial charge in [-0.1, -0.05) is 19.8 Å². The molecule has 102 valence electrons. The minimum atomic E-state index is 0.213. The minimum Gasteiger partial charge on any atom is -0.485 e. The predicted molar refractivity (Wildman–Crippen MR) is 75.5 cm³/mol. The van der Waals surface area contributed by atoms with Gasteiger partial charge in [0.25, 0.3) is 0 Å². The molecule has 0 spiro atoms. The van der Waals surface area contributed by atoms with E-state index in [9.17, 15) is 0 Å². The van der Waals surface area contributed by atoms with Gasteiger partial charge in [-0.2, -0.15) is 0 Å². The Morgan fingerprint density at radius 1 is 1.33 bits per heavy atom. The van der Waals surface area contributed by atoms with E-state index in [-0.39, 0.29) is 6.10 Å². The molecule has 2 rings (SSSR count). The summed E-state index contributed by atoms with van der Waals surface area (Å²) >= 11 is 1.64. The van der Waals surface area contributed by atoms with Gasteiger partial charge < -0.3 is 15.2 Å². The molecule has 0 bridgehead atoms. The standard InChI is InChI=1S/C14H23NO2S/c1-2-5-11(6-3-4-7-15)12-8-16-13-9-18-10-14(13)17-12/h9-12H,2-8,15H2,1H3. The predicted octanol–water partition coefficient (Wildman–Crippen LogP) is 3.43. The number of rotatable bonds is 7. The number of fused-ring (bicyclic) bond motifs is 1. The molecule has 0 saturated heterocycles. The van der Waals surface area contributed by atoms with Crippen LogP contribution in [0.5, 0.6) is 11.5 Å². The molecule has 0 fully saturated rings. The van der Waals surface area contributed by atoms with Crippen molar-refractivity contribution in [1.82, 2.24) is 0 Å². The molecule has 0 aliphatic carbocycles. The van der Waals surface area contributed by atoms with Crippen LogP contribution in [0, 0.1) is 5.92 Å². The number of thiophene rings is 1. The van der Waals surface area contributed by atoms with Crippen LogP contribution in [0.15, 0.2) is 10.8 Å². The summed E-state index contributed by atoms with van der Waals surface area (Å²) in [6.45, 7) is 3.71. The second kappa shape index (κ2) is 7.00. The molecule has 0 radical (unpaired) electrons. The zero-order chi connectivity index (χ0) is 12.8. The molecule has 3 nitrogen and oxygen atoms in total. The van der Waals surface area contributed by atoms with Crippen LogP contribution in [0.1, 0.15) is 39.0 Å². The van der Waals surface area contributed by atoms with E-state index in [0.717, 1.165) is 24.5 Å². The van der Waals surface area contributed by atoms with Crippen molar-refractivity contribution >= 4 is 11.3 Å². The van der Waals surface area contributed by atoms with Crippen molar-refractivity contribution in [2.75, 3.05) is 13.2 Å². The lowest BCUT2D eigenvalue weighted by Gasteiger charge is -2.31. The number of hydrogen-bond acceptors (Lipinski definition) is 4. The molecular formula is C14H23NO2S. The van der Waals surface area contributed by atoms with E-state index in [0.29, 0.717) is 12.5 Å². The second-order valence-corrected chi connectivity index (χ2v) is 5.64. The molecule has 2 N–H and O–H groups in total. The van der Waals surface area contributed by atoms with Gasteiger partial charge in [-0.3, -0.25) is 0 Å². The van der Waals surface area contributed by atoms with Crippen LogP contribution < -0.4 is 15.2 Å². The van der Waals surface area contributed by atoms with E-state index < -0.39 is 0 Å². The Kier molecular flexibility index (Phi) is 5.32. The zero-order valence-electron chi connectivity index (χ0n) is 11.1. The van der Waals surface area contributed by atoms with Crippen molar-refractivity contribution in [3.63, 3.8) is 0 Å². The smallest absolute Gasteiger partial charge is 0.172 e. The lowest BCUT2D eigenvalue weighted by atomic mass is 9.91. The number of hydrogen-bond donors (Lipinski definition) is 1. The fraction of sp³-hybridized carbons (Fsp3) is 0.714. The largest absolute Gasteiger partial charge is 0.485 e. The number of ether oxygens (including phenoxy) is 2. The second-order valence-electron chi connectivity index (χ2n) is 4.90. The summed E-state index contributed by atoms with van der Waals surface area (Å²) in [5.41, 5.74) is 5.56. The highest BCUT2D eigenvalue weighted by molar-refractivity contribution is 7.08. The Hall–Kier alpha value is -0.740. The molecule has 0 aromatic carbocycles. The number of nitrogens with two attached hydrogens (primary N) is 1. The monoisotopic (exact) mass is 269 g/mol. The van der Waals surface area contributed by atoms with Crippen molar-refractivity contribution in [3.05, 3.63) is 10.8 Å². The van der Waals surface area contributed by atoms with E-state index in [4.69, 9.17) is 15.2 Å².